The van der Waals surface area contributed by atoms with Crippen molar-refractivity contribution >= 4 is 5.91 Å². The van der Waals surface area contributed by atoms with Gasteiger partial charge in [0.05, 0.1) is 18.1 Å². The van der Waals surface area contributed by atoms with Crippen molar-refractivity contribution in [1.82, 2.24) is 5.32 Å². The van der Waals surface area contributed by atoms with Gasteiger partial charge in [0.25, 0.3) is 0 Å². The Morgan fingerprint density at radius 2 is 1.95 bits per heavy atom. The predicted octanol–water partition coefficient (Wildman–Crippen LogP) is 2.38. The Morgan fingerprint density at radius 3 is 2.60 bits per heavy atom. The van der Waals surface area contributed by atoms with Crippen LogP contribution in [0.1, 0.15) is 50.3 Å². The summed E-state index contributed by atoms with van der Waals surface area (Å²) in [6.07, 6.45) is 4.62. The molecule has 0 bridgehead atoms. The van der Waals surface area contributed by atoms with Gasteiger partial charge in [0.15, 0.2) is 0 Å². The zero-order valence-electron chi connectivity index (χ0n) is 12.7. The van der Waals surface area contributed by atoms with E-state index in [2.05, 4.69) is 23.5 Å². The lowest BCUT2D eigenvalue weighted by atomic mass is 9.90. The largest absolute Gasteiger partial charge is 0.391 e. The first kappa shape index (κ1) is 15.0. The van der Waals surface area contributed by atoms with Crippen molar-refractivity contribution in [1.29, 1.82) is 0 Å². The number of aliphatic hydroxyl groups excluding tert-OH is 1. The van der Waals surface area contributed by atoms with Gasteiger partial charge in [0.1, 0.15) is 0 Å². The molecule has 2 rings (SSSR count). The van der Waals surface area contributed by atoms with E-state index in [0.29, 0.717) is 6.42 Å². The SMILES string of the molecule is CC(O)C(C)(C)NC(=O)Cc1ccc2c(c1)CCCC2. The summed E-state index contributed by atoms with van der Waals surface area (Å²) >= 11 is 0. The fourth-order valence-corrected chi connectivity index (χ4v) is 2.59. The van der Waals surface area contributed by atoms with Crippen LogP contribution in [0, 0.1) is 0 Å². The molecule has 0 aliphatic heterocycles. The minimum Gasteiger partial charge on any atom is -0.391 e. The zero-order valence-corrected chi connectivity index (χ0v) is 12.7. The molecule has 0 radical (unpaired) electrons. The van der Waals surface area contributed by atoms with Crippen LogP contribution in [0.4, 0.5) is 0 Å². The van der Waals surface area contributed by atoms with E-state index in [0.717, 1.165) is 18.4 Å². The summed E-state index contributed by atoms with van der Waals surface area (Å²) in [7, 11) is 0. The van der Waals surface area contributed by atoms with Gasteiger partial charge in [0.2, 0.25) is 5.91 Å². The maximum absolute atomic E-state index is 12.1. The van der Waals surface area contributed by atoms with E-state index in [1.54, 1.807) is 6.92 Å². The van der Waals surface area contributed by atoms with Crippen LogP contribution in [0.2, 0.25) is 0 Å². The van der Waals surface area contributed by atoms with Gasteiger partial charge < -0.3 is 10.4 Å². The van der Waals surface area contributed by atoms with Crippen LogP contribution in [-0.4, -0.2) is 22.7 Å². The lowest BCUT2D eigenvalue weighted by Gasteiger charge is -2.29. The monoisotopic (exact) mass is 275 g/mol. The van der Waals surface area contributed by atoms with E-state index >= 15 is 0 Å². The molecule has 3 nitrogen and oxygen atoms in total. The summed E-state index contributed by atoms with van der Waals surface area (Å²) in [4.78, 5) is 12.1. The minimum atomic E-state index is -0.592. The van der Waals surface area contributed by atoms with Crippen LogP contribution in [-0.2, 0) is 24.1 Å². The molecule has 3 heteroatoms. The number of aliphatic hydroxyl groups is 1. The highest BCUT2D eigenvalue weighted by Gasteiger charge is 2.25. The number of hydrogen-bond donors (Lipinski definition) is 2. The number of benzene rings is 1. The van der Waals surface area contributed by atoms with Gasteiger partial charge in [-0.25, -0.2) is 0 Å². The van der Waals surface area contributed by atoms with Gasteiger partial charge in [-0.3, -0.25) is 4.79 Å². The molecule has 110 valence electrons. The third-order valence-corrected chi connectivity index (χ3v) is 4.28. The average molecular weight is 275 g/mol. The summed E-state index contributed by atoms with van der Waals surface area (Å²) in [6, 6.07) is 6.39. The van der Waals surface area contributed by atoms with Gasteiger partial charge in [-0.15, -0.1) is 0 Å². The van der Waals surface area contributed by atoms with Crippen molar-refractivity contribution in [3.8, 4) is 0 Å². The lowest BCUT2D eigenvalue weighted by molar-refractivity contribution is -0.123. The first-order chi connectivity index (χ1) is 9.38. The maximum Gasteiger partial charge on any atom is 0.224 e. The molecule has 1 aromatic carbocycles. The average Bonchev–Trinajstić information content (AvgIpc) is 2.37. The van der Waals surface area contributed by atoms with Crippen molar-refractivity contribution < 1.29 is 9.90 Å². The van der Waals surface area contributed by atoms with Crippen molar-refractivity contribution in [2.24, 2.45) is 0 Å². The molecule has 0 heterocycles. The number of aryl methyl sites for hydroxylation is 2. The number of hydrogen-bond acceptors (Lipinski definition) is 2. The van der Waals surface area contributed by atoms with E-state index in [1.807, 2.05) is 13.8 Å². The second-order valence-electron chi connectivity index (χ2n) is 6.43. The summed E-state index contributed by atoms with van der Waals surface area (Å²) in [5.74, 6) is -0.0355. The topological polar surface area (TPSA) is 49.3 Å². The molecule has 20 heavy (non-hydrogen) atoms. The lowest BCUT2D eigenvalue weighted by Crippen LogP contribution is -2.51. The molecule has 0 aromatic heterocycles. The van der Waals surface area contributed by atoms with E-state index in [1.165, 1.54) is 24.0 Å². The van der Waals surface area contributed by atoms with Crippen LogP contribution >= 0.6 is 0 Å². The molecule has 2 N–H and O–H groups in total. The van der Waals surface area contributed by atoms with Gasteiger partial charge >= 0.3 is 0 Å². The molecule has 0 saturated carbocycles. The van der Waals surface area contributed by atoms with Gasteiger partial charge in [-0.1, -0.05) is 18.2 Å². The predicted molar refractivity (Wildman–Crippen MR) is 80.7 cm³/mol. The van der Waals surface area contributed by atoms with Crippen molar-refractivity contribution in [3.63, 3.8) is 0 Å². The Balaban J connectivity index is 2.01. The highest BCUT2D eigenvalue weighted by molar-refractivity contribution is 5.79. The second kappa shape index (κ2) is 5.96. The normalized spacial score (nSPS) is 16.4. The number of fused-ring (bicyclic) bond motifs is 1. The smallest absolute Gasteiger partial charge is 0.224 e. The summed E-state index contributed by atoms with van der Waals surface area (Å²) in [5.41, 5.74) is 3.30. The molecular formula is C17H25NO2. The van der Waals surface area contributed by atoms with Crippen molar-refractivity contribution in [2.75, 3.05) is 0 Å². The quantitative estimate of drug-likeness (QED) is 0.886. The fourth-order valence-electron chi connectivity index (χ4n) is 2.59. The fraction of sp³-hybridized carbons (Fsp3) is 0.588. The molecule has 0 fully saturated rings. The molecule has 1 unspecified atom stereocenters. The van der Waals surface area contributed by atoms with Crippen LogP contribution in [0.25, 0.3) is 0 Å². The first-order valence-electron chi connectivity index (χ1n) is 7.48. The number of carbonyl (C=O) groups excluding carboxylic acids is 1. The highest BCUT2D eigenvalue weighted by atomic mass is 16.3. The third-order valence-electron chi connectivity index (χ3n) is 4.28. The zero-order chi connectivity index (χ0) is 14.8. The summed E-state index contributed by atoms with van der Waals surface area (Å²) < 4.78 is 0. The summed E-state index contributed by atoms with van der Waals surface area (Å²) in [6.45, 7) is 5.37. The number of carbonyl (C=O) groups is 1. The Labute approximate surface area is 121 Å². The molecule has 1 amide bonds. The Morgan fingerprint density at radius 1 is 1.30 bits per heavy atom. The van der Waals surface area contributed by atoms with E-state index in [-0.39, 0.29) is 5.91 Å². The maximum atomic E-state index is 12.1. The van der Waals surface area contributed by atoms with Gasteiger partial charge in [0, 0.05) is 0 Å². The number of rotatable bonds is 4. The third kappa shape index (κ3) is 3.60. The Kier molecular flexibility index (Phi) is 4.48. The van der Waals surface area contributed by atoms with Crippen molar-refractivity contribution in [3.05, 3.63) is 34.9 Å². The highest BCUT2D eigenvalue weighted by Crippen LogP contribution is 2.22. The minimum absolute atomic E-state index is 0.0355. The van der Waals surface area contributed by atoms with Crippen LogP contribution in [0.15, 0.2) is 18.2 Å². The van der Waals surface area contributed by atoms with Crippen molar-refractivity contribution in [2.45, 2.75) is 64.5 Å². The first-order valence-corrected chi connectivity index (χ1v) is 7.48. The number of amides is 1. The van der Waals surface area contributed by atoms with Crippen LogP contribution < -0.4 is 5.32 Å². The van der Waals surface area contributed by atoms with Crippen LogP contribution in [0.5, 0.6) is 0 Å². The molecule has 1 atom stereocenters. The van der Waals surface area contributed by atoms with Gasteiger partial charge in [-0.2, -0.15) is 0 Å². The second-order valence-corrected chi connectivity index (χ2v) is 6.43. The molecule has 1 aliphatic carbocycles. The van der Waals surface area contributed by atoms with E-state index < -0.39 is 11.6 Å². The van der Waals surface area contributed by atoms with Gasteiger partial charge in [-0.05, 0) is 63.1 Å². The molecule has 1 aromatic rings. The summed E-state index contributed by atoms with van der Waals surface area (Å²) in [5, 5.41) is 12.5. The standard InChI is InChI=1S/C17H25NO2/c1-12(19)17(2,3)18-16(20)11-13-8-9-14-6-4-5-7-15(14)10-13/h8-10,12,19H,4-7,11H2,1-3H3,(H,18,20). The molecule has 1 aliphatic rings. The Hall–Kier alpha value is -1.35. The van der Waals surface area contributed by atoms with Crippen LogP contribution in [0.3, 0.4) is 0 Å². The molecular weight excluding hydrogens is 250 g/mol. The molecule has 0 saturated heterocycles. The van der Waals surface area contributed by atoms with E-state index in [4.69, 9.17) is 0 Å². The van der Waals surface area contributed by atoms with E-state index in [9.17, 15) is 9.90 Å². The number of nitrogens with one attached hydrogen (secondary N) is 1. The molecule has 0 spiro atoms. The Bertz CT molecular complexity index is 492.